The van der Waals surface area contributed by atoms with Gasteiger partial charge in [0.1, 0.15) is 0 Å². The van der Waals surface area contributed by atoms with Crippen LogP contribution in [0.4, 0.5) is 0 Å². The summed E-state index contributed by atoms with van der Waals surface area (Å²) in [5, 5.41) is 0. The Labute approximate surface area is 34.7 Å². The van der Waals surface area contributed by atoms with Gasteiger partial charge in [0.25, 0.3) is 0 Å². The SMILES string of the molecule is CC[O][Al+2]. The van der Waals surface area contributed by atoms with Gasteiger partial charge in [0, 0.05) is 0 Å². The fourth-order valence-corrected chi connectivity index (χ4v) is 0. The van der Waals surface area contributed by atoms with E-state index in [0.717, 1.165) is 6.61 Å². The van der Waals surface area contributed by atoms with Gasteiger partial charge in [0.05, 0.1) is 0 Å². The molecule has 0 saturated carbocycles. The maximum atomic E-state index is 4.46. The van der Waals surface area contributed by atoms with Crippen molar-refractivity contribution in [2.24, 2.45) is 0 Å². The second-order valence-corrected chi connectivity index (χ2v) is 0.789. The minimum atomic E-state index is 0.782. The fraction of sp³-hybridized carbons (Fsp3) is 1.00. The van der Waals surface area contributed by atoms with Gasteiger partial charge in [0.2, 0.25) is 0 Å². The predicted octanol–water partition coefficient (Wildman–Crippen LogP) is 0.106. The normalized spacial score (nSPS) is 7.75. The van der Waals surface area contributed by atoms with E-state index in [2.05, 4.69) is 20.4 Å². The monoisotopic (exact) mass is 72.0 g/mol. The van der Waals surface area contributed by atoms with Crippen LogP contribution in [-0.2, 0) is 3.79 Å². The van der Waals surface area contributed by atoms with Gasteiger partial charge in [-0.2, -0.15) is 0 Å². The van der Waals surface area contributed by atoms with Crippen molar-refractivity contribution in [3.8, 4) is 0 Å². The van der Waals surface area contributed by atoms with E-state index in [-0.39, 0.29) is 0 Å². The van der Waals surface area contributed by atoms with Crippen LogP contribution in [-0.4, -0.2) is 23.2 Å². The third-order valence-electron chi connectivity index (χ3n) is 0.167. The van der Waals surface area contributed by atoms with Crippen LogP contribution in [0.25, 0.3) is 0 Å². The molecule has 0 spiro atoms. The van der Waals surface area contributed by atoms with Crippen molar-refractivity contribution in [1.82, 2.24) is 0 Å². The van der Waals surface area contributed by atoms with Crippen LogP contribution in [0.2, 0.25) is 0 Å². The molecule has 0 rings (SSSR count). The second kappa shape index (κ2) is 3.49. The molecule has 2 heteroatoms. The Hall–Kier alpha value is 0.492. The number of hydrogen-bond acceptors (Lipinski definition) is 1. The van der Waals surface area contributed by atoms with Gasteiger partial charge in [-0.1, -0.05) is 0 Å². The molecule has 0 aromatic heterocycles. The van der Waals surface area contributed by atoms with Gasteiger partial charge in [-0.05, 0) is 0 Å². The van der Waals surface area contributed by atoms with Crippen LogP contribution in [0.1, 0.15) is 6.92 Å². The molecule has 0 unspecified atom stereocenters. The molecule has 0 aromatic carbocycles. The molecule has 0 aliphatic rings. The van der Waals surface area contributed by atoms with E-state index >= 15 is 0 Å². The van der Waals surface area contributed by atoms with Crippen LogP contribution in [0.5, 0.6) is 0 Å². The third-order valence-corrected chi connectivity index (χ3v) is 0.500. The van der Waals surface area contributed by atoms with E-state index in [4.69, 9.17) is 0 Å². The first-order chi connectivity index (χ1) is 1.91. The molecule has 0 aliphatic carbocycles. The number of hydrogen-bond donors (Lipinski definition) is 0. The molecule has 0 N–H and O–H groups in total. The number of rotatable bonds is 1. The summed E-state index contributed by atoms with van der Waals surface area (Å²) < 4.78 is 4.46. The summed E-state index contributed by atoms with van der Waals surface area (Å²) in [5.74, 6) is 0. The van der Waals surface area contributed by atoms with Crippen LogP contribution < -0.4 is 0 Å². The molecular weight excluding hydrogens is 67.0 g/mol. The van der Waals surface area contributed by atoms with Crippen LogP contribution in [0.3, 0.4) is 0 Å². The Morgan fingerprint density at radius 1 is 2.00 bits per heavy atom. The van der Waals surface area contributed by atoms with Crippen molar-refractivity contribution in [1.29, 1.82) is 0 Å². The first kappa shape index (κ1) is 4.49. The molecule has 0 aromatic rings. The summed E-state index contributed by atoms with van der Waals surface area (Å²) in [4.78, 5) is 0. The molecule has 0 amide bonds. The van der Waals surface area contributed by atoms with Crippen molar-refractivity contribution < 1.29 is 3.79 Å². The van der Waals surface area contributed by atoms with Crippen LogP contribution in [0, 0.1) is 0 Å². The van der Waals surface area contributed by atoms with E-state index in [1.807, 2.05) is 6.92 Å². The molecule has 1 nitrogen and oxygen atoms in total. The Bertz CT molecular complexity index is 8.00. The standard InChI is InChI=1S/C2H5O.Al/c1-2-3;/h2H2,1H3;/q-1;+3. The van der Waals surface area contributed by atoms with Gasteiger partial charge < -0.3 is 0 Å². The Kier molecular flexibility index (Phi) is 3.92. The van der Waals surface area contributed by atoms with Crippen molar-refractivity contribution >= 4 is 16.6 Å². The zero-order valence-corrected chi connectivity index (χ0v) is 3.85. The topological polar surface area (TPSA) is 9.23 Å². The summed E-state index contributed by atoms with van der Waals surface area (Å²) >= 11 is 2.16. The van der Waals surface area contributed by atoms with Crippen LogP contribution >= 0.6 is 0 Å². The van der Waals surface area contributed by atoms with Gasteiger partial charge in [-0.15, -0.1) is 0 Å². The molecular formula is C2H5AlO+2. The summed E-state index contributed by atoms with van der Waals surface area (Å²) in [7, 11) is 0. The van der Waals surface area contributed by atoms with E-state index in [1.54, 1.807) is 0 Å². The van der Waals surface area contributed by atoms with Gasteiger partial charge in [-0.3, -0.25) is 0 Å². The zero-order valence-electron chi connectivity index (χ0n) is 2.69. The fourth-order valence-electron chi connectivity index (χ4n) is 0. The molecule has 0 bridgehead atoms. The van der Waals surface area contributed by atoms with E-state index in [0.29, 0.717) is 0 Å². The van der Waals surface area contributed by atoms with Crippen molar-refractivity contribution in [2.75, 3.05) is 6.61 Å². The van der Waals surface area contributed by atoms with Crippen LogP contribution in [0.15, 0.2) is 0 Å². The first-order valence-corrected chi connectivity index (χ1v) is 1.70. The zero-order chi connectivity index (χ0) is 3.41. The molecule has 0 heterocycles. The molecule has 0 saturated heterocycles. The second-order valence-electron chi connectivity index (χ2n) is 0.455. The van der Waals surface area contributed by atoms with Crippen molar-refractivity contribution in [2.45, 2.75) is 6.92 Å². The van der Waals surface area contributed by atoms with E-state index in [9.17, 15) is 0 Å². The first-order valence-electron chi connectivity index (χ1n) is 1.23. The average Bonchev–Trinajstić information content (AvgIpc) is 1.37. The minimum absolute atomic E-state index is 0.782. The summed E-state index contributed by atoms with van der Waals surface area (Å²) in [5.41, 5.74) is 0. The van der Waals surface area contributed by atoms with E-state index in [1.165, 1.54) is 0 Å². The van der Waals surface area contributed by atoms with Gasteiger partial charge >= 0.3 is 33.9 Å². The molecule has 0 fully saturated rings. The third kappa shape index (κ3) is 2.49. The van der Waals surface area contributed by atoms with E-state index < -0.39 is 0 Å². The van der Waals surface area contributed by atoms with Gasteiger partial charge in [0.15, 0.2) is 0 Å². The summed E-state index contributed by atoms with van der Waals surface area (Å²) in [6.45, 7) is 2.72. The Morgan fingerprint density at radius 3 is 2.25 bits per heavy atom. The molecule has 0 aliphatic heterocycles. The van der Waals surface area contributed by atoms with Gasteiger partial charge in [-0.25, -0.2) is 0 Å². The average molecular weight is 72.0 g/mol. The summed E-state index contributed by atoms with van der Waals surface area (Å²) in [6.07, 6.45) is 0. The Balaban J connectivity index is 1.97. The van der Waals surface area contributed by atoms with Crippen molar-refractivity contribution in [3.63, 3.8) is 0 Å². The molecule has 20 valence electrons. The Morgan fingerprint density at radius 2 is 2.25 bits per heavy atom. The quantitative estimate of drug-likeness (QED) is 0.399. The predicted molar refractivity (Wildman–Crippen MR) is 17.4 cm³/mol. The molecule has 0 atom stereocenters. The van der Waals surface area contributed by atoms with Crippen molar-refractivity contribution in [3.05, 3.63) is 0 Å². The molecule has 4 heavy (non-hydrogen) atoms. The maximum absolute atomic E-state index is 4.46. The molecule has 0 radical (unpaired) electrons. The summed E-state index contributed by atoms with van der Waals surface area (Å²) in [6, 6.07) is 0.